The molecule has 0 fully saturated rings. The van der Waals surface area contributed by atoms with Gasteiger partial charge in [-0.15, -0.1) is 11.3 Å². The zero-order valence-corrected chi connectivity index (χ0v) is 16.5. The van der Waals surface area contributed by atoms with Gasteiger partial charge in [0.25, 0.3) is 0 Å². The number of hydrogen-bond donors (Lipinski definition) is 0. The van der Waals surface area contributed by atoms with Crippen molar-refractivity contribution in [1.82, 2.24) is 4.98 Å². The SMILES string of the molecule is C[C@H]1Cc2cc(C(=O)OCc3nc4ccccc4s3)ccc2N1S(C)(=O)=O. The van der Waals surface area contributed by atoms with Crippen LogP contribution in [0.5, 0.6) is 0 Å². The molecule has 27 heavy (non-hydrogen) atoms. The normalized spacial score (nSPS) is 16.5. The highest BCUT2D eigenvalue weighted by molar-refractivity contribution is 7.92. The van der Waals surface area contributed by atoms with Gasteiger partial charge in [-0.1, -0.05) is 12.1 Å². The molecule has 3 aromatic rings. The summed E-state index contributed by atoms with van der Waals surface area (Å²) in [4.78, 5) is 16.9. The van der Waals surface area contributed by atoms with Crippen LogP contribution in [0.15, 0.2) is 42.5 Å². The molecule has 4 rings (SSSR count). The van der Waals surface area contributed by atoms with E-state index < -0.39 is 16.0 Å². The number of aromatic nitrogens is 1. The minimum absolute atomic E-state index is 0.112. The van der Waals surface area contributed by atoms with Gasteiger partial charge in [-0.2, -0.15) is 0 Å². The van der Waals surface area contributed by atoms with Crippen LogP contribution in [0.1, 0.15) is 27.9 Å². The first-order valence-corrected chi connectivity index (χ1v) is 11.1. The number of ether oxygens (including phenoxy) is 1. The molecule has 1 aromatic heterocycles. The average molecular weight is 402 g/mol. The molecule has 6 nitrogen and oxygen atoms in total. The highest BCUT2D eigenvalue weighted by Gasteiger charge is 2.32. The van der Waals surface area contributed by atoms with Crippen LogP contribution in [-0.4, -0.2) is 31.7 Å². The number of rotatable bonds is 4. The number of sulfonamides is 1. The van der Waals surface area contributed by atoms with Crippen molar-refractivity contribution in [1.29, 1.82) is 0 Å². The van der Waals surface area contributed by atoms with Crippen LogP contribution in [0, 0.1) is 0 Å². The maximum atomic E-state index is 12.4. The van der Waals surface area contributed by atoms with E-state index in [0.29, 0.717) is 17.7 Å². The van der Waals surface area contributed by atoms with E-state index in [1.54, 1.807) is 18.2 Å². The summed E-state index contributed by atoms with van der Waals surface area (Å²) >= 11 is 1.50. The van der Waals surface area contributed by atoms with E-state index in [1.807, 2.05) is 31.2 Å². The molecule has 8 heteroatoms. The van der Waals surface area contributed by atoms with Gasteiger partial charge in [0.05, 0.1) is 27.7 Å². The summed E-state index contributed by atoms with van der Waals surface area (Å²) in [5.41, 5.74) is 2.77. The fourth-order valence-corrected chi connectivity index (χ4v) is 5.57. The van der Waals surface area contributed by atoms with E-state index in [0.717, 1.165) is 20.8 Å². The van der Waals surface area contributed by atoms with Gasteiger partial charge in [0.15, 0.2) is 0 Å². The number of anilines is 1. The van der Waals surface area contributed by atoms with E-state index in [4.69, 9.17) is 4.74 Å². The number of esters is 1. The van der Waals surface area contributed by atoms with Crippen molar-refractivity contribution >= 4 is 43.2 Å². The molecule has 0 saturated heterocycles. The predicted molar refractivity (Wildman–Crippen MR) is 106 cm³/mol. The quantitative estimate of drug-likeness (QED) is 0.626. The fraction of sp³-hybridized carbons (Fsp3) is 0.263. The molecular weight excluding hydrogens is 384 g/mol. The Kier molecular flexibility index (Phi) is 4.39. The van der Waals surface area contributed by atoms with Crippen LogP contribution in [0.2, 0.25) is 0 Å². The smallest absolute Gasteiger partial charge is 0.338 e. The van der Waals surface area contributed by atoms with Gasteiger partial charge in [0.1, 0.15) is 11.6 Å². The number of fused-ring (bicyclic) bond motifs is 2. The number of para-hydroxylation sites is 1. The number of benzene rings is 2. The Morgan fingerprint density at radius 1 is 1.30 bits per heavy atom. The molecule has 0 unspecified atom stereocenters. The first-order chi connectivity index (χ1) is 12.8. The average Bonchev–Trinajstić information content (AvgIpc) is 3.17. The summed E-state index contributed by atoms with van der Waals surface area (Å²) in [6.45, 7) is 1.97. The summed E-state index contributed by atoms with van der Waals surface area (Å²) in [7, 11) is -3.35. The van der Waals surface area contributed by atoms with Crippen LogP contribution in [0.25, 0.3) is 10.2 Å². The number of hydrogen-bond acceptors (Lipinski definition) is 6. The molecule has 1 atom stereocenters. The largest absolute Gasteiger partial charge is 0.455 e. The second kappa shape index (κ2) is 6.61. The van der Waals surface area contributed by atoms with E-state index in [9.17, 15) is 13.2 Å². The molecule has 1 aliphatic rings. The number of carbonyl (C=O) groups is 1. The fourth-order valence-electron chi connectivity index (χ4n) is 3.43. The molecule has 0 N–H and O–H groups in total. The Morgan fingerprint density at radius 3 is 2.81 bits per heavy atom. The zero-order chi connectivity index (χ0) is 19.2. The lowest BCUT2D eigenvalue weighted by Gasteiger charge is -2.21. The van der Waals surface area contributed by atoms with E-state index in [1.165, 1.54) is 21.9 Å². The third-order valence-corrected chi connectivity index (χ3v) is 6.77. The highest BCUT2D eigenvalue weighted by Crippen LogP contribution is 2.35. The van der Waals surface area contributed by atoms with Gasteiger partial charge >= 0.3 is 5.97 Å². The number of thiazole rings is 1. The van der Waals surface area contributed by atoms with Crippen molar-refractivity contribution in [3.05, 3.63) is 58.6 Å². The molecule has 0 saturated carbocycles. The molecule has 2 heterocycles. The lowest BCUT2D eigenvalue weighted by molar-refractivity contribution is 0.0472. The summed E-state index contributed by atoms with van der Waals surface area (Å²) in [6, 6.07) is 12.6. The van der Waals surface area contributed by atoms with Crippen molar-refractivity contribution in [3.63, 3.8) is 0 Å². The lowest BCUT2D eigenvalue weighted by Crippen LogP contribution is -2.34. The monoisotopic (exact) mass is 402 g/mol. The van der Waals surface area contributed by atoms with Crippen LogP contribution in [0.4, 0.5) is 5.69 Å². The molecule has 0 radical (unpaired) electrons. The van der Waals surface area contributed by atoms with Gasteiger partial charge in [-0.25, -0.2) is 18.2 Å². The Morgan fingerprint density at radius 2 is 2.07 bits per heavy atom. The molecule has 0 bridgehead atoms. The Hall–Kier alpha value is -2.45. The molecule has 1 aliphatic heterocycles. The summed E-state index contributed by atoms with van der Waals surface area (Å²) in [6.07, 6.45) is 1.76. The molecule has 0 amide bonds. The maximum Gasteiger partial charge on any atom is 0.338 e. The molecule has 0 spiro atoms. The van der Waals surface area contributed by atoms with Crippen LogP contribution < -0.4 is 4.31 Å². The van der Waals surface area contributed by atoms with Crippen molar-refractivity contribution in [3.8, 4) is 0 Å². The molecule has 2 aromatic carbocycles. The Labute approximate surface area is 161 Å². The van der Waals surface area contributed by atoms with Crippen molar-refractivity contribution in [2.75, 3.05) is 10.6 Å². The van der Waals surface area contributed by atoms with Crippen LogP contribution in [-0.2, 0) is 27.8 Å². The molecule has 0 aliphatic carbocycles. The first-order valence-electron chi connectivity index (χ1n) is 8.47. The Balaban J connectivity index is 1.51. The van der Waals surface area contributed by atoms with E-state index in [2.05, 4.69) is 4.98 Å². The molecule has 140 valence electrons. The van der Waals surface area contributed by atoms with Crippen LogP contribution in [0.3, 0.4) is 0 Å². The zero-order valence-electron chi connectivity index (χ0n) is 14.9. The third kappa shape index (κ3) is 3.42. The van der Waals surface area contributed by atoms with Crippen LogP contribution >= 0.6 is 11.3 Å². The second-order valence-corrected chi connectivity index (χ2v) is 9.58. The van der Waals surface area contributed by atoms with Gasteiger partial charge in [-0.3, -0.25) is 4.31 Å². The topological polar surface area (TPSA) is 76.6 Å². The summed E-state index contributed by atoms with van der Waals surface area (Å²) < 4.78 is 31.8. The second-order valence-electron chi connectivity index (χ2n) is 6.61. The number of carbonyl (C=O) groups excluding carboxylic acids is 1. The van der Waals surface area contributed by atoms with Gasteiger partial charge in [-0.05, 0) is 49.2 Å². The van der Waals surface area contributed by atoms with Crippen molar-refractivity contribution in [2.24, 2.45) is 0 Å². The summed E-state index contributed by atoms with van der Waals surface area (Å²) in [5, 5.41) is 0.739. The van der Waals surface area contributed by atoms with Crippen molar-refractivity contribution in [2.45, 2.75) is 26.0 Å². The predicted octanol–water partition coefficient (Wildman–Crippen LogP) is 3.36. The highest BCUT2D eigenvalue weighted by atomic mass is 32.2. The van der Waals surface area contributed by atoms with E-state index >= 15 is 0 Å². The minimum Gasteiger partial charge on any atom is -0.455 e. The lowest BCUT2D eigenvalue weighted by atomic mass is 10.1. The maximum absolute atomic E-state index is 12.4. The third-order valence-electron chi connectivity index (χ3n) is 4.49. The Bertz CT molecular complexity index is 1100. The first kappa shape index (κ1) is 17.9. The standard InChI is InChI=1S/C19H18N2O4S2/c1-12-9-14-10-13(7-8-16(14)21(12)27(2,23)24)19(22)25-11-18-20-15-5-3-4-6-17(15)26-18/h3-8,10,12H,9,11H2,1-2H3/t12-/m0/s1. The van der Waals surface area contributed by atoms with Crippen molar-refractivity contribution < 1.29 is 17.9 Å². The molecular formula is C19H18N2O4S2. The van der Waals surface area contributed by atoms with Gasteiger partial charge in [0, 0.05) is 6.04 Å². The minimum atomic E-state index is -3.35. The van der Waals surface area contributed by atoms with Gasteiger partial charge < -0.3 is 4.74 Å². The number of nitrogens with zero attached hydrogens (tertiary/aromatic N) is 2. The summed E-state index contributed by atoms with van der Waals surface area (Å²) in [5.74, 6) is -0.442. The van der Waals surface area contributed by atoms with E-state index in [-0.39, 0.29) is 12.6 Å². The van der Waals surface area contributed by atoms with Gasteiger partial charge in [0.2, 0.25) is 10.0 Å².